The van der Waals surface area contributed by atoms with Crippen molar-refractivity contribution < 1.29 is 26.7 Å². The predicted octanol–water partition coefficient (Wildman–Crippen LogP) is 7.29. The third-order valence-corrected chi connectivity index (χ3v) is 5.76. The SMILES string of the molecule is CCCC1CCC(c2cc(F)c(C(F)(F)OC3C=C(C)C(F)=C3)c(F)c2)CC1. The second-order valence-electron chi connectivity index (χ2n) is 7.83. The molecule has 0 aliphatic heterocycles. The average Bonchev–Trinajstić information content (AvgIpc) is 2.91. The molecule has 6 heteroatoms. The molecule has 3 rings (SSSR count). The van der Waals surface area contributed by atoms with Crippen LogP contribution in [0.5, 0.6) is 0 Å². The average molecular weight is 400 g/mol. The second kappa shape index (κ2) is 8.36. The van der Waals surface area contributed by atoms with E-state index in [1.54, 1.807) is 0 Å². The van der Waals surface area contributed by atoms with Gasteiger partial charge < -0.3 is 4.74 Å². The minimum atomic E-state index is -4.21. The summed E-state index contributed by atoms with van der Waals surface area (Å²) in [6, 6.07) is 1.99. The Morgan fingerprint density at radius 3 is 2.11 bits per heavy atom. The number of rotatable bonds is 6. The van der Waals surface area contributed by atoms with Crippen molar-refractivity contribution in [2.75, 3.05) is 0 Å². The van der Waals surface area contributed by atoms with Gasteiger partial charge in [0.05, 0.1) is 0 Å². The van der Waals surface area contributed by atoms with E-state index in [2.05, 4.69) is 11.7 Å². The molecule has 0 aromatic heterocycles. The van der Waals surface area contributed by atoms with E-state index >= 15 is 0 Å². The maximum absolute atomic E-state index is 14.5. The molecular weight excluding hydrogens is 375 g/mol. The van der Waals surface area contributed by atoms with Crippen LogP contribution in [-0.2, 0) is 10.8 Å². The van der Waals surface area contributed by atoms with Gasteiger partial charge in [-0.15, -0.1) is 0 Å². The van der Waals surface area contributed by atoms with Gasteiger partial charge in [-0.1, -0.05) is 19.8 Å². The summed E-state index contributed by atoms with van der Waals surface area (Å²) >= 11 is 0. The highest BCUT2D eigenvalue weighted by atomic mass is 19.3. The lowest BCUT2D eigenvalue weighted by molar-refractivity contribution is -0.259. The quantitative estimate of drug-likeness (QED) is 0.456. The van der Waals surface area contributed by atoms with E-state index in [0.717, 1.165) is 62.8 Å². The van der Waals surface area contributed by atoms with Crippen molar-refractivity contribution in [1.82, 2.24) is 0 Å². The van der Waals surface area contributed by atoms with Crippen molar-refractivity contribution >= 4 is 0 Å². The first-order valence-electron chi connectivity index (χ1n) is 9.82. The minimum Gasteiger partial charge on any atom is -0.304 e. The van der Waals surface area contributed by atoms with Crippen LogP contribution >= 0.6 is 0 Å². The minimum absolute atomic E-state index is 0.0295. The number of alkyl halides is 2. The van der Waals surface area contributed by atoms with Crippen LogP contribution in [0.1, 0.15) is 69.4 Å². The van der Waals surface area contributed by atoms with Crippen LogP contribution in [0.3, 0.4) is 0 Å². The van der Waals surface area contributed by atoms with Crippen molar-refractivity contribution in [2.45, 2.75) is 70.5 Å². The van der Waals surface area contributed by atoms with Gasteiger partial charge in [0.2, 0.25) is 0 Å². The summed E-state index contributed by atoms with van der Waals surface area (Å²) in [6.07, 6.45) is 2.21. The number of halogens is 5. The standard InChI is InChI=1S/C22H25F5O/c1-3-4-14-5-7-15(8-6-14)16-10-19(24)21(20(25)11-16)22(26,27)28-17-9-13(2)18(23)12-17/h9-12,14-15,17H,3-8H2,1-2H3. The monoisotopic (exact) mass is 400 g/mol. The van der Waals surface area contributed by atoms with Gasteiger partial charge in [-0.2, -0.15) is 8.78 Å². The Hall–Kier alpha value is -1.69. The highest BCUT2D eigenvalue weighted by Gasteiger charge is 2.42. The molecule has 1 unspecified atom stereocenters. The Bertz CT molecular complexity index is 734. The summed E-state index contributed by atoms with van der Waals surface area (Å²) in [5.41, 5.74) is -0.870. The number of hydrogen-bond acceptors (Lipinski definition) is 1. The number of hydrogen-bond donors (Lipinski definition) is 0. The molecule has 1 fully saturated rings. The summed E-state index contributed by atoms with van der Waals surface area (Å²) in [6.45, 7) is 3.53. The van der Waals surface area contributed by atoms with Crippen LogP contribution in [0.25, 0.3) is 0 Å². The van der Waals surface area contributed by atoms with E-state index in [-0.39, 0.29) is 11.5 Å². The van der Waals surface area contributed by atoms with Gasteiger partial charge in [0.1, 0.15) is 29.1 Å². The summed E-state index contributed by atoms with van der Waals surface area (Å²) in [4.78, 5) is 0. The van der Waals surface area contributed by atoms with Gasteiger partial charge in [-0.25, -0.2) is 13.2 Å². The molecule has 2 aliphatic carbocycles. The van der Waals surface area contributed by atoms with E-state index in [1.807, 2.05) is 0 Å². The second-order valence-corrected chi connectivity index (χ2v) is 7.83. The molecule has 0 radical (unpaired) electrons. The Morgan fingerprint density at radius 1 is 1.00 bits per heavy atom. The van der Waals surface area contributed by atoms with E-state index in [9.17, 15) is 22.0 Å². The molecule has 1 atom stereocenters. The van der Waals surface area contributed by atoms with Crippen molar-refractivity contribution in [3.63, 3.8) is 0 Å². The maximum Gasteiger partial charge on any atom is 0.389 e. The number of ether oxygens (including phenoxy) is 1. The van der Waals surface area contributed by atoms with Crippen LogP contribution in [0.4, 0.5) is 22.0 Å². The normalized spacial score (nSPS) is 25.6. The fourth-order valence-corrected chi connectivity index (χ4v) is 4.25. The molecule has 0 amide bonds. The number of benzene rings is 1. The van der Waals surface area contributed by atoms with Crippen molar-refractivity contribution in [3.05, 3.63) is 58.4 Å². The molecule has 0 spiro atoms. The van der Waals surface area contributed by atoms with E-state index in [4.69, 9.17) is 0 Å². The summed E-state index contributed by atoms with van der Waals surface area (Å²) in [5.74, 6) is -2.75. The lowest BCUT2D eigenvalue weighted by Gasteiger charge is -2.29. The van der Waals surface area contributed by atoms with Crippen LogP contribution < -0.4 is 0 Å². The maximum atomic E-state index is 14.5. The highest BCUT2D eigenvalue weighted by Crippen LogP contribution is 2.41. The topological polar surface area (TPSA) is 9.23 Å². The Kier molecular flexibility index (Phi) is 6.28. The van der Waals surface area contributed by atoms with Crippen LogP contribution in [0.2, 0.25) is 0 Å². The molecule has 28 heavy (non-hydrogen) atoms. The third kappa shape index (κ3) is 4.48. The van der Waals surface area contributed by atoms with Crippen molar-refractivity contribution in [1.29, 1.82) is 0 Å². The smallest absolute Gasteiger partial charge is 0.304 e. The fourth-order valence-electron chi connectivity index (χ4n) is 4.25. The third-order valence-electron chi connectivity index (χ3n) is 5.76. The van der Waals surface area contributed by atoms with Gasteiger partial charge in [0.25, 0.3) is 0 Å². The van der Waals surface area contributed by atoms with Crippen molar-refractivity contribution in [3.8, 4) is 0 Å². The fraction of sp³-hybridized carbons (Fsp3) is 0.545. The van der Waals surface area contributed by atoms with Crippen molar-refractivity contribution in [2.24, 2.45) is 5.92 Å². The molecule has 1 nitrogen and oxygen atoms in total. The van der Waals surface area contributed by atoms with Gasteiger partial charge >= 0.3 is 6.11 Å². The van der Waals surface area contributed by atoms with Crippen LogP contribution in [0, 0.1) is 17.6 Å². The van der Waals surface area contributed by atoms with Gasteiger partial charge in [-0.05, 0) is 79.9 Å². The molecule has 2 aliphatic rings. The lowest BCUT2D eigenvalue weighted by Crippen LogP contribution is -2.26. The first kappa shape index (κ1) is 21.0. The Labute approximate surface area is 162 Å². The number of allylic oxidation sites excluding steroid dienone is 2. The Balaban J connectivity index is 1.77. The van der Waals surface area contributed by atoms with E-state index in [1.165, 1.54) is 6.92 Å². The zero-order valence-electron chi connectivity index (χ0n) is 16.1. The first-order valence-corrected chi connectivity index (χ1v) is 9.82. The Morgan fingerprint density at radius 2 is 1.61 bits per heavy atom. The molecule has 0 bridgehead atoms. The van der Waals surface area contributed by atoms with E-state index < -0.39 is 35.2 Å². The predicted molar refractivity (Wildman–Crippen MR) is 97.7 cm³/mol. The van der Waals surface area contributed by atoms with Crippen LogP contribution in [0.15, 0.2) is 35.7 Å². The van der Waals surface area contributed by atoms with Gasteiger partial charge in [0.15, 0.2) is 0 Å². The largest absolute Gasteiger partial charge is 0.389 e. The molecule has 0 heterocycles. The van der Waals surface area contributed by atoms with Gasteiger partial charge in [0, 0.05) is 0 Å². The molecular formula is C22H25F5O. The molecule has 1 saturated carbocycles. The summed E-state index contributed by atoms with van der Waals surface area (Å²) in [5, 5.41) is 0. The highest BCUT2D eigenvalue weighted by molar-refractivity contribution is 5.35. The molecule has 1 aromatic rings. The summed E-state index contributed by atoms with van der Waals surface area (Å²) in [7, 11) is 0. The zero-order chi connectivity index (χ0) is 20.5. The van der Waals surface area contributed by atoms with E-state index in [0.29, 0.717) is 11.5 Å². The van der Waals surface area contributed by atoms with Crippen LogP contribution in [-0.4, -0.2) is 6.10 Å². The zero-order valence-corrected chi connectivity index (χ0v) is 16.1. The van der Waals surface area contributed by atoms with Gasteiger partial charge in [-0.3, -0.25) is 0 Å². The molecule has 1 aromatic carbocycles. The molecule has 0 saturated heterocycles. The first-order chi connectivity index (χ1) is 13.2. The molecule has 154 valence electrons. The molecule has 0 N–H and O–H groups in total. The summed E-state index contributed by atoms with van der Waals surface area (Å²) < 4.78 is 75.6. The lowest BCUT2D eigenvalue weighted by atomic mass is 9.77.